The van der Waals surface area contributed by atoms with E-state index in [4.69, 9.17) is 22.7 Å². The highest BCUT2D eigenvalue weighted by molar-refractivity contribution is 7.92. The number of nitrogens with two attached hydrogens (primary N) is 1. The van der Waals surface area contributed by atoms with Crippen molar-refractivity contribution in [3.05, 3.63) is 66.0 Å². The van der Waals surface area contributed by atoms with Gasteiger partial charge in [0.15, 0.2) is 9.84 Å². The molecule has 0 aromatic heterocycles. The lowest BCUT2D eigenvalue weighted by Gasteiger charge is -2.16. The molecule has 0 saturated heterocycles. The normalized spacial score (nSPS) is 25.5. The Morgan fingerprint density at radius 2 is 1.80 bits per heavy atom. The van der Waals surface area contributed by atoms with E-state index in [1.165, 1.54) is 19.2 Å². The molecular formula is C18H18FNO3S2. The van der Waals surface area contributed by atoms with Crippen LogP contribution in [0.2, 0.25) is 0 Å². The smallest absolute Gasteiger partial charge is 0.182 e. The molecule has 0 heterocycles. The summed E-state index contributed by atoms with van der Waals surface area (Å²) in [7, 11) is -2.21. The number of benzene rings is 2. The van der Waals surface area contributed by atoms with Crippen LogP contribution in [0.25, 0.3) is 0 Å². The SMILES string of the molecule is COC[C@]1(C(N)=S)[C@H](c2ccc(F)cc2)[C@H]1S(=O)(=O)c1ccccc1. The molecule has 4 nitrogen and oxygen atoms in total. The van der Waals surface area contributed by atoms with Crippen molar-refractivity contribution in [2.45, 2.75) is 16.1 Å². The summed E-state index contributed by atoms with van der Waals surface area (Å²) in [5.41, 5.74) is 5.63. The first-order valence-electron chi connectivity index (χ1n) is 7.69. The summed E-state index contributed by atoms with van der Waals surface area (Å²) in [6, 6.07) is 13.9. The Kier molecular flexibility index (Phi) is 4.66. The minimum Gasteiger partial charge on any atom is -0.393 e. The topological polar surface area (TPSA) is 69.4 Å². The lowest BCUT2D eigenvalue weighted by Crippen LogP contribution is -2.33. The van der Waals surface area contributed by atoms with E-state index in [9.17, 15) is 12.8 Å². The van der Waals surface area contributed by atoms with Crippen LogP contribution in [0.4, 0.5) is 4.39 Å². The Bertz CT molecular complexity index is 884. The molecule has 0 unspecified atom stereocenters. The maximum absolute atomic E-state index is 13.3. The number of thiocarbonyl (C=S) groups is 1. The van der Waals surface area contributed by atoms with Crippen LogP contribution in [-0.2, 0) is 14.6 Å². The fourth-order valence-corrected chi connectivity index (χ4v) is 6.33. The van der Waals surface area contributed by atoms with Gasteiger partial charge in [0, 0.05) is 13.0 Å². The van der Waals surface area contributed by atoms with Gasteiger partial charge in [0.2, 0.25) is 0 Å². The van der Waals surface area contributed by atoms with Crippen LogP contribution >= 0.6 is 12.2 Å². The number of ether oxygens (including phenoxy) is 1. The van der Waals surface area contributed by atoms with Gasteiger partial charge in [0.1, 0.15) is 5.82 Å². The van der Waals surface area contributed by atoms with E-state index in [1.807, 2.05) is 0 Å². The number of hydrogen-bond acceptors (Lipinski definition) is 4. The second kappa shape index (κ2) is 6.48. The molecule has 2 aromatic rings. The summed E-state index contributed by atoms with van der Waals surface area (Å²) in [4.78, 5) is 0.300. The molecule has 0 amide bonds. The van der Waals surface area contributed by atoms with E-state index in [0.717, 1.165) is 0 Å². The van der Waals surface area contributed by atoms with Gasteiger partial charge in [-0.1, -0.05) is 42.5 Å². The molecule has 0 aliphatic heterocycles. The van der Waals surface area contributed by atoms with Gasteiger partial charge in [0.25, 0.3) is 0 Å². The Hall–Kier alpha value is -1.83. The summed E-state index contributed by atoms with van der Waals surface area (Å²) in [5, 5.41) is -0.842. The number of hydrogen-bond donors (Lipinski definition) is 1. The third-order valence-electron chi connectivity index (χ3n) is 4.73. The molecule has 7 heteroatoms. The highest BCUT2D eigenvalue weighted by Gasteiger charge is 2.73. The number of halogens is 1. The fourth-order valence-electron chi connectivity index (χ4n) is 3.54. The average Bonchev–Trinajstić information content (AvgIpc) is 3.28. The molecule has 2 N–H and O–H groups in total. The summed E-state index contributed by atoms with van der Waals surface area (Å²) >= 11 is 5.22. The second-order valence-corrected chi connectivity index (χ2v) is 8.65. The first-order valence-corrected chi connectivity index (χ1v) is 9.64. The molecule has 0 radical (unpaired) electrons. The first kappa shape index (κ1) is 18.0. The molecule has 1 fully saturated rings. The molecule has 3 rings (SSSR count). The Balaban J connectivity index is 2.12. The third-order valence-corrected chi connectivity index (χ3v) is 7.40. The van der Waals surface area contributed by atoms with E-state index in [2.05, 4.69) is 0 Å². The van der Waals surface area contributed by atoms with Crippen molar-refractivity contribution in [1.82, 2.24) is 0 Å². The molecule has 0 spiro atoms. The molecule has 132 valence electrons. The van der Waals surface area contributed by atoms with E-state index < -0.39 is 26.4 Å². The third kappa shape index (κ3) is 2.86. The Morgan fingerprint density at radius 3 is 2.32 bits per heavy atom. The summed E-state index contributed by atoms with van der Waals surface area (Å²) in [6.45, 7) is 0.0844. The maximum Gasteiger partial charge on any atom is 0.182 e. The van der Waals surface area contributed by atoms with Gasteiger partial charge in [-0.25, -0.2) is 12.8 Å². The van der Waals surface area contributed by atoms with Gasteiger partial charge >= 0.3 is 0 Å². The predicted octanol–water partition coefficient (Wildman–Crippen LogP) is 2.68. The van der Waals surface area contributed by atoms with Crippen molar-refractivity contribution in [1.29, 1.82) is 0 Å². The van der Waals surface area contributed by atoms with Crippen LogP contribution in [0.5, 0.6) is 0 Å². The number of sulfone groups is 1. The molecular weight excluding hydrogens is 361 g/mol. The van der Waals surface area contributed by atoms with Gasteiger partial charge in [-0.05, 0) is 29.8 Å². The minimum absolute atomic E-state index is 0.0844. The number of rotatable bonds is 6. The van der Waals surface area contributed by atoms with Gasteiger partial charge in [0.05, 0.1) is 27.2 Å². The Labute approximate surface area is 151 Å². The monoisotopic (exact) mass is 379 g/mol. The Morgan fingerprint density at radius 1 is 1.20 bits per heavy atom. The molecule has 1 aliphatic rings. The molecule has 3 atom stereocenters. The standard InChI is InChI=1S/C18H18FNO3S2/c1-23-11-18(17(20)24)15(12-7-9-13(19)10-8-12)16(18)25(21,22)14-5-3-2-4-6-14/h2-10,15-16H,11H2,1H3,(H2,20,24)/t15-,16-,18+/m1/s1. The summed E-state index contributed by atoms with van der Waals surface area (Å²) in [5.74, 6) is -0.865. The molecule has 25 heavy (non-hydrogen) atoms. The fraction of sp³-hybridized carbons (Fsp3) is 0.278. The molecule has 2 aromatic carbocycles. The van der Waals surface area contributed by atoms with E-state index >= 15 is 0 Å². The van der Waals surface area contributed by atoms with Gasteiger partial charge in [-0.15, -0.1) is 0 Å². The van der Waals surface area contributed by atoms with Crippen molar-refractivity contribution >= 4 is 27.0 Å². The lowest BCUT2D eigenvalue weighted by molar-refractivity contribution is 0.166. The minimum atomic E-state index is -3.69. The van der Waals surface area contributed by atoms with Crippen LogP contribution < -0.4 is 5.73 Å². The lowest BCUT2D eigenvalue weighted by atomic mass is 10.00. The number of methoxy groups -OCH3 is 1. The molecule has 1 saturated carbocycles. The highest BCUT2D eigenvalue weighted by atomic mass is 32.2. The van der Waals surface area contributed by atoms with Crippen molar-refractivity contribution in [3.63, 3.8) is 0 Å². The van der Waals surface area contributed by atoms with E-state index in [0.29, 0.717) is 5.56 Å². The van der Waals surface area contributed by atoms with Crippen molar-refractivity contribution in [2.75, 3.05) is 13.7 Å². The highest BCUT2D eigenvalue weighted by Crippen LogP contribution is 2.64. The largest absolute Gasteiger partial charge is 0.393 e. The average molecular weight is 379 g/mol. The zero-order valence-corrected chi connectivity index (χ0v) is 15.2. The zero-order valence-electron chi connectivity index (χ0n) is 13.6. The van der Waals surface area contributed by atoms with Crippen molar-refractivity contribution < 1.29 is 17.5 Å². The van der Waals surface area contributed by atoms with E-state index in [1.54, 1.807) is 42.5 Å². The van der Waals surface area contributed by atoms with Gasteiger partial charge < -0.3 is 10.5 Å². The summed E-state index contributed by atoms with van der Waals surface area (Å²) < 4.78 is 44.9. The van der Waals surface area contributed by atoms with Gasteiger partial charge in [-0.3, -0.25) is 0 Å². The maximum atomic E-state index is 13.3. The summed E-state index contributed by atoms with van der Waals surface area (Å²) in [6.07, 6.45) is 0. The van der Waals surface area contributed by atoms with Crippen LogP contribution in [0.1, 0.15) is 11.5 Å². The van der Waals surface area contributed by atoms with Gasteiger partial charge in [-0.2, -0.15) is 0 Å². The van der Waals surface area contributed by atoms with Crippen LogP contribution in [0, 0.1) is 11.2 Å². The van der Waals surface area contributed by atoms with Crippen LogP contribution in [0.15, 0.2) is 59.5 Å². The zero-order chi connectivity index (χ0) is 18.2. The van der Waals surface area contributed by atoms with Crippen molar-refractivity contribution in [3.8, 4) is 0 Å². The quantitative estimate of drug-likeness (QED) is 0.782. The first-order chi connectivity index (χ1) is 11.9. The van der Waals surface area contributed by atoms with Crippen LogP contribution in [-0.4, -0.2) is 32.4 Å². The van der Waals surface area contributed by atoms with E-state index in [-0.39, 0.29) is 22.3 Å². The molecule has 0 bridgehead atoms. The predicted molar refractivity (Wildman–Crippen MR) is 97.7 cm³/mol. The van der Waals surface area contributed by atoms with Crippen LogP contribution in [0.3, 0.4) is 0 Å². The second-order valence-electron chi connectivity index (χ2n) is 6.15. The van der Waals surface area contributed by atoms with Crippen molar-refractivity contribution in [2.24, 2.45) is 11.1 Å². The molecule has 1 aliphatic carbocycles.